The average molecular weight is 315 g/mol. The van der Waals surface area contributed by atoms with Gasteiger partial charge >= 0.3 is 0 Å². The Bertz CT molecular complexity index is 542. The molecule has 0 N–H and O–H groups in total. The summed E-state index contributed by atoms with van der Waals surface area (Å²) in [6.45, 7) is 1.55. The second-order valence-electron chi connectivity index (χ2n) is 6.59. The first-order chi connectivity index (χ1) is 11.2. The lowest BCUT2D eigenvalue weighted by atomic mass is 10.1. The number of hydrogen-bond acceptors (Lipinski definition) is 3. The predicted molar refractivity (Wildman–Crippen MR) is 87.5 cm³/mol. The van der Waals surface area contributed by atoms with Gasteiger partial charge in [-0.05, 0) is 37.3 Å². The average Bonchev–Trinajstić information content (AvgIpc) is 3.38. The summed E-state index contributed by atoms with van der Waals surface area (Å²) in [6.07, 6.45) is 10.5. The first kappa shape index (κ1) is 16.0. The number of nitrogens with zero attached hydrogens (tertiary/aromatic N) is 3. The van der Waals surface area contributed by atoms with Crippen molar-refractivity contribution in [2.45, 2.75) is 57.5 Å². The number of hydrogen-bond donors (Lipinski definition) is 0. The third-order valence-electron chi connectivity index (χ3n) is 4.63. The van der Waals surface area contributed by atoms with E-state index in [0.29, 0.717) is 19.0 Å². The van der Waals surface area contributed by atoms with Crippen molar-refractivity contribution in [3.8, 4) is 0 Å². The van der Waals surface area contributed by atoms with Crippen LogP contribution in [0.5, 0.6) is 0 Å². The standard InChI is InChI=1S/C18H25N3O2/c22-17-7-3-1-2-4-11-20(17)14-18(23)21(16-8-9-16)13-15-6-5-10-19-12-15/h5-6,10,12,16H,1-4,7-9,11,13-14H2. The van der Waals surface area contributed by atoms with Gasteiger partial charge in [0, 0.05) is 37.9 Å². The van der Waals surface area contributed by atoms with E-state index in [1.54, 1.807) is 11.1 Å². The summed E-state index contributed by atoms with van der Waals surface area (Å²) in [4.78, 5) is 32.8. The number of aromatic nitrogens is 1. The maximum Gasteiger partial charge on any atom is 0.242 e. The molecule has 124 valence electrons. The van der Waals surface area contributed by atoms with E-state index in [4.69, 9.17) is 0 Å². The molecule has 0 atom stereocenters. The quantitative estimate of drug-likeness (QED) is 0.838. The smallest absolute Gasteiger partial charge is 0.242 e. The monoisotopic (exact) mass is 315 g/mol. The highest BCUT2D eigenvalue weighted by molar-refractivity contribution is 5.85. The zero-order valence-corrected chi connectivity index (χ0v) is 13.6. The number of carbonyl (C=O) groups excluding carboxylic acids is 2. The molecule has 0 aromatic carbocycles. The van der Waals surface area contributed by atoms with Gasteiger partial charge in [-0.15, -0.1) is 0 Å². The van der Waals surface area contributed by atoms with E-state index >= 15 is 0 Å². The van der Waals surface area contributed by atoms with Crippen LogP contribution < -0.4 is 0 Å². The van der Waals surface area contributed by atoms with Crippen LogP contribution in [0.15, 0.2) is 24.5 Å². The molecule has 5 nitrogen and oxygen atoms in total. The van der Waals surface area contributed by atoms with E-state index in [1.807, 2.05) is 23.2 Å². The molecule has 1 aliphatic carbocycles. The van der Waals surface area contributed by atoms with Gasteiger partial charge in [-0.2, -0.15) is 0 Å². The van der Waals surface area contributed by atoms with Crippen LogP contribution in [0.3, 0.4) is 0 Å². The Hall–Kier alpha value is -1.91. The minimum Gasteiger partial charge on any atom is -0.334 e. The van der Waals surface area contributed by atoms with Crippen molar-refractivity contribution in [3.63, 3.8) is 0 Å². The van der Waals surface area contributed by atoms with Crippen LogP contribution in [0.2, 0.25) is 0 Å². The van der Waals surface area contributed by atoms with Crippen LogP contribution in [0.25, 0.3) is 0 Å². The normalized spacial score (nSPS) is 19.1. The zero-order valence-electron chi connectivity index (χ0n) is 13.6. The Labute approximate surface area is 137 Å². The summed E-state index contributed by atoms with van der Waals surface area (Å²) in [5, 5.41) is 0. The molecule has 0 bridgehead atoms. The van der Waals surface area contributed by atoms with Crippen molar-refractivity contribution in [1.82, 2.24) is 14.8 Å². The molecule has 2 aliphatic rings. The number of rotatable bonds is 5. The van der Waals surface area contributed by atoms with Gasteiger partial charge in [-0.3, -0.25) is 14.6 Å². The van der Waals surface area contributed by atoms with Crippen molar-refractivity contribution in [2.24, 2.45) is 0 Å². The fourth-order valence-corrected chi connectivity index (χ4v) is 3.13. The summed E-state index contributed by atoms with van der Waals surface area (Å²) in [5.74, 6) is 0.209. The van der Waals surface area contributed by atoms with Gasteiger partial charge in [0.05, 0.1) is 6.54 Å². The SMILES string of the molecule is O=C1CCCCCCN1CC(=O)N(Cc1cccnc1)C1CC1. The van der Waals surface area contributed by atoms with E-state index < -0.39 is 0 Å². The van der Waals surface area contributed by atoms with Gasteiger partial charge in [0.15, 0.2) is 0 Å². The van der Waals surface area contributed by atoms with Crippen molar-refractivity contribution >= 4 is 11.8 Å². The van der Waals surface area contributed by atoms with Crippen molar-refractivity contribution in [2.75, 3.05) is 13.1 Å². The van der Waals surface area contributed by atoms with Gasteiger partial charge in [0.2, 0.25) is 11.8 Å². The fraction of sp³-hybridized carbons (Fsp3) is 0.611. The number of carbonyl (C=O) groups is 2. The first-order valence-corrected chi connectivity index (χ1v) is 8.70. The minimum atomic E-state index is 0.0743. The maximum absolute atomic E-state index is 12.8. The Morgan fingerprint density at radius 1 is 1.26 bits per heavy atom. The van der Waals surface area contributed by atoms with Gasteiger partial charge in [0.25, 0.3) is 0 Å². The third-order valence-corrected chi connectivity index (χ3v) is 4.63. The highest BCUT2D eigenvalue weighted by Crippen LogP contribution is 2.28. The van der Waals surface area contributed by atoms with Gasteiger partial charge in [-0.1, -0.05) is 18.9 Å². The molecule has 23 heavy (non-hydrogen) atoms. The van der Waals surface area contributed by atoms with Crippen molar-refractivity contribution in [3.05, 3.63) is 30.1 Å². The molecule has 0 radical (unpaired) electrons. The van der Waals surface area contributed by atoms with Crippen LogP contribution >= 0.6 is 0 Å². The van der Waals surface area contributed by atoms with E-state index in [-0.39, 0.29) is 18.4 Å². The Kier molecular flexibility index (Phi) is 5.26. The topological polar surface area (TPSA) is 53.5 Å². The highest BCUT2D eigenvalue weighted by Gasteiger charge is 2.33. The molecule has 0 spiro atoms. The van der Waals surface area contributed by atoms with E-state index in [2.05, 4.69) is 4.98 Å². The van der Waals surface area contributed by atoms with Crippen molar-refractivity contribution < 1.29 is 9.59 Å². The van der Waals surface area contributed by atoms with Crippen LogP contribution in [-0.2, 0) is 16.1 Å². The van der Waals surface area contributed by atoms with E-state index in [1.165, 1.54) is 0 Å². The van der Waals surface area contributed by atoms with Crippen LogP contribution in [0, 0.1) is 0 Å². The molecular formula is C18H25N3O2. The maximum atomic E-state index is 12.8. The van der Waals surface area contributed by atoms with E-state index in [9.17, 15) is 9.59 Å². The van der Waals surface area contributed by atoms with Crippen LogP contribution in [0.1, 0.15) is 50.5 Å². The molecule has 1 aliphatic heterocycles. The van der Waals surface area contributed by atoms with Gasteiger partial charge < -0.3 is 9.80 Å². The molecule has 1 saturated carbocycles. The summed E-state index contributed by atoms with van der Waals surface area (Å²) in [5.41, 5.74) is 1.05. The van der Waals surface area contributed by atoms with Crippen LogP contribution in [0.4, 0.5) is 0 Å². The molecule has 5 heteroatoms. The molecule has 2 fully saturated rings. The Morgan fingerprint density at radius 2 is 2.09 bits per heavy atom. The summed E-state index contributed by atoms with van der Waals surface area (Å²) >= 11 is 0. The second kappa shape index (κ2) is 7.57. The lowest BCUT2D eigenvalue weighted by Crippen LogP contribution is -2.44. The molecule has 3 rings (SSSR count). The number of amides is 2. The Balaban J connectivity index is 1.62. The molecule has 1 aromatic heterocycles. The summed E-state index contributed by atoms with van der Waals surface area (Å²) < 4.78 is 0. The molecule has 2 amide bonds. The minimum absolute atomic E-state index is 0.0743. The van der Waals surface area contributed by atoms with Crippen molar-refractivity contribution in [1.29, 1.82) is 0 Å². The van der Waals surface area contributed by atoms with E-state index in [0.717, 1.165) is 50.6 Å². The van der Waals surface area contributed by atoms with Gasteiger partial charge in [-0.25, -0.2) is 0 Å². The fourth-order valence-electron chi connectivity index (χ4n) is 3.13. The molecule has 0 unspecified atom stereocenters. The summed E-state index contributed by atoms with van der Waals surface area (Å²) in [6, 6.07) is 4.23. The lowest BCUT2D eigenvalue weighted by molar-refractivity contribution is -0.141. The zero-order chi connectivity index (χ0) is 16.1. The van der Waals surface area contributed by atoms with Crippen LogP contribution in [-0.4, -0.2) is 45.7 Å². The predicted octanol–water partition coefficient (Wildman–Crippen LogP) is 2.37. The molecule has 1 saturated heterocycles. The second-order valence-corrected chi connectivity index (χ2v) is 6.59. The first-order valence-electron chi connectivity index (χ1n) is 8.70. The summed E-state index contributed by atoms with van der Waals surface area (Å²) in [7, 11) is 0. The molecular weight excluding hydrogens is 290 g/mol. The van der Waals surface area contributed by atoms with Gasteiger partial charge in [0.1, 0.15) is 0 Å². The third kappa shape index (κ3) is 4.53. The Morgan fingerprint density at radius 3 is 2.83 bits per heavy atom. The molecule has 2 heterocycles. The number of likely N-dealkylation sites (tertiary alicyclic amines) is 1. The number of pyridine rings is 1. The molecule has 1 aromatic rings. The highest BCUT2D eigenvalue weighted by atomic mass is 16.2. The largest absolute Gasteiger partial charge is 0.334 e. The lowest BCUT2D eigenvalue weighted by Gasteiger charge is -2.28.